The molecular formula is C8H12N2O3. The van der Waals surface area contributed by atoms with E-state index in [1.54, 1.807) is 0 Å². The van der Waals surface area contributed by atoms with E-state index in [-0.39, 0.29) is 17.5 Å². The molecule has 2 aliphatic rings. The Bertz CT molecular complexity index is 228. The molecule has 2 heterocycles. The van der Waals surface area contributed by atoms with Gasteiger partial charge in [0.2, 0.25) is 5.91 Å². The number of hydrogen-bond donors (Lipinski definition) is 2. The van der Waals surface area contributed by atoms with E-state index in [1.807, 2.05) is 0 Å². The largest absolute Gasteiger partial charge is 0.381 e. The van der Waals surface area contributed by atoms with Crippen LogP contribution in [0.1, 0.15) is 19.3 Å². The first-order chi connectivity index (χ1) is 6.20. The zero-order valence-corrected chi connectivity index (χ0v) is 7.26. The summed E-state index contributed by atoms with van der Waals surface area (Å²) in [5.74, 6) is -0.189. The minimum atomic E-state index is -0.377. The smallest absolute Gasteiger partial charge is 0.321 e. The number of imide groups is 1. The minimum absolute atomic E-state index is 0.189. The number of hydrogen-bond acceptors (Lipinski definition) is 3. The van der Waals surface area contributed by atoms with Crippen molar-refractivity contribution in [2.24, 2.45) is 0 Å². The van der Waals surface area contributed by atoms with Crippen LogP contribution >= 0.6 is 0 Å². The molecule has 2 saturated heterocycles. The molecular weight excluding hydrogens is 172 g/mol. The molecule has 2 rings (SSSR count). The number of amides is 3. The summed E-state index contributed by atoms with van der Waals surface area (Å²) in [7, 11) is 0. The Morgan fingerprint density at radius 2 is 1.92 bits per heavy atom. The molecule has 5 nitrogen and oxygen atoms in total. The molecule has 0 saturated carbocycles. The molecule has 2 fully saturated rings. The van der Waals surface area contributed by atoms with Gasteiger partial charge in [-0.1, -0.05) is 0 Å². The fourth-order valence-electron chi connectivity index (χ4n) is 1.86. The van der Waals surface area contributed by atoms with Crippen molar-refractivity contribution >= 4 is 11.9 Å². The van der Waals surface area contributed by atoms with Crippen LogP contribution in [0.4, 0.5) is 4.79 Å². The number of carbonyl (C=O) groups excluding carboxylic acids is 2. The summed E-state index contributed by atoms with van der Waals surface area (Å²) < 4.78 is 5.18. The number of nitrogens with one attached hydrogen (secondary N) is 2. The van der Waals surface area contributed by atoms with E-state index in [0.29, 0.717) is 19.6 Å². The number of ether oxygens (including phenoxy) is 1. The standard InChI is InChI=1S/C8H12N2O3/c11-6-5-8(10-7(12)9-6)1-3-13-4-2-8/h1-5H2,(H2,9,10,11,12). The third-order valence-corrected chi connectivity index (χ3v) is 2.58. The SMILES string of the molecule is O=C1CC2(CCOCC2)NC(=O)N1. The fraction of sp³-hybridized carbons (Fsp3) is 0.750. The maximum atomic E-state index is 11.1. The molecule has 0 aromatic heterocycles. The van der Waals surface area contributed by atoms with E-state index in [2.05, 4.69) is 10.6 Å². The van der Waals surface area contributed by atoms with Crippen LogP contribution in [0.3, 0.4) is 0 Å². The average molecular weight is 184 g/mol. The highest BCUT2D eigenvalue weighted by Gasteiger charge is 2.39. The Kier molecular flexibility index (Phi) is 1.95. The van der Waals surface area contributed by atoms with Crippen molar-refractivity contribution < 1.29 is 14.3 Å². The highest BCUT2D eigenvalue weighted by atomic mass is 16.5. The van der Waals surface area contributed by atoms with Gasteiger partial charge in [-0.15, -0.1) is 0 Å². The molecule has 5 heteroatoms. The second-order valence-corrected chi connectivity index (χ2v) is 3.57. The van der Waals surface area contributed by atoms with Crippen LogP contribution in [-0.2, 0) is 9.53 Å². The van der Waals surface area contributed by atoms with Crippen LogP contribution in [0.5, 0.6) is 0 Å². The topological polar surface area (TPSA) is 67.4 Å². The highest BCUT2D eigenvalue weighted by Crippen LogP contribution is 2.25. The molecule has 0 aliphatic carbocycles. The van der Waals surface area contributed by atoms with Crippen molar-refractivity contribution in [1.29, 1.82) is 0 Å². The van der Waals surface area contributed by atoms with E-state index < -0.39 is 0 Å². The van der Waals surface area contributed by atoms with Crippen LogP contribution in [-0.4, -0.2) is 30.7 Å². The molecule has 0 radical (unpaired) electrons. The Labute approximate surface area is 75.8 Å². The molecule has 1 spiro atoms. The van der Waals surface area contributed by atoms with Gasteiger partial charge in [-0.05, 0) is 12.8 Å². The van der Waals surface area contributed by atoms with Gasteiger partial charge in [-0.2, -0.15) is 0 Å². The molecule has 2 N–H and O–H groups in total. The first-order valence-electron chi connectivity index (χ1n) is 4.40. The first kappa shape index (κ1) is 8.50. The zero-order chi connectivity index (χ0) is 9.31. The fourth-order valence-corrected chi connectivity index (χ4v) is 1.86. The summed E-state index contributed by atoms with van der Waals surface area (Å²) in [6.45, 7) is 1.24. The monoisotopic (exact) mass is 184 g/mol. The lowest BCUT2D eigenvalue weighted by Gasteiger charge is -2.39. The van der Waals surface area contributed by atoms with Gasteiger partial charge in [0.05, 0.1) is 12.0 Å². The molecule has 0 unspecified atom stereocenters. The van der Waals surface area contributed by atoms with E-state index in [4.69, 9.17) is 4.74 Å². The second-order valence-electron chi connectivity index (χ2n) is 3.57. The van der Waals surface area contributed by atoms with Gasteiger partial charge in [0.25, 0.3) is 0 Å². The molecule has 13 heavy (non-hydrogen) atoms. The van der Waals surface area contributed by atoms with Crippen LogP contribution in [0.2, 0.25) is 0 Å². The summed E-state index contributed by atoms with van der Waals surface area (Å²) in [5.41, 5.74) is -0.336. The maximum absolute atomic E-state index is 11.1. The van der Waals surface area contributed by atoms with E-state index in [9.17, 15) is 9.59 Å². The number of rotatable bonds is 0. The predicted molar refractivity (Wildman–Crippen MR) is 44.1 cm³/mol. The van der Waals surface area contributed by atoms with Gasteiger partial charge in [-0.25, -0.2) is 4.79 Å². The van der Waals surface area contributed by atoms with Gasteiger partial charge in [0.15, 0.2) is 0 Å². The Morgan fingerprint density at radius 3 is 2.54 bits per heavy atom. The molecule has 72 valence electrons. The normalized spacial score (nSPS) is 26.8. The van der Waals surface area contributed by atoms with Crippen molar-refractivity contribution in [3.05, 3.63) is 0 Å². The van der Waals surface area contributed by atoms with Gasteiger partial charge in [0, 0.05) is 13.2 Å². The third kappa shape index (κ3) is 1.65. The van der Waals surface area contributed by atoms with Crippen molar-refractivity contribution in [3.63, 3.8) is 0 Å². The summed E-state index contributed by atoms with van der Waals surface area (Å²) in [4.78, 5) is 22.2. The zero-order valence-electron chi connectivity index (χ0n) is 7.26. The second kappa shape index (κ2) is 2.99. The quantitative estimate of drug-likeness (QED) is 0.546. The number of carbonyl (C=O) groups is 2. The van der Waals surface area contributed by atoms with Gasteiger partial charge < -0.3 is 10.1 Å². The lowest BCUT2D eigenvalue weighted by atomic mass is 9.85. The van der Waals surface area contributed by atoms with Crippen molar-refractivity contribution in [3.8, 4) is 0 Å². The van der Waals surface area contributed by atoms with Gasteiger partial charge in [-0.3, -0.25) is 10.1 Å². The van der Waals surface area contributed by atoms with Crippen molar-refractivity contribution in [2.45, 2.75) is 24.8 Å². The minimum Gasteiger partial charge on any atom is -0.381 e. The lowest BCUT2D eigenvalue weighted by Crippen LogP contribution is -2.62. The van der Waals surface area contributed by atoms with Crippen LogP contribution < -0.4 is 10.6 Å². The van der Waals surface area contributed by atoms with Crippen LogP contribution in [0, 0.1) is 0 Å². The number of urea groups is 1. The third-order valence-electron chi connectivity index (χ3n) is 2.58. The van der Waals surface area contributed by atoms with E-state index in [0.717, 1.165) is 12.8 Å². The molecule has 0 bridgehead atoms. The Morgan fingerprint density at radius 1 is 1.23 bits per heavy atom. The van der Waals surface area contributed by atoms with Crippen molar-refractivity contribution in [2.75, 3.05) is 13.2 Å². The van der Waals surface area contributed by atoms with Crippen LogP contribution in [0.25, 0.3) is 0 Å². The summed E-state index contributed by atoms with van der Waals surface area (Å²) >= 11 is 0. The molecule has 0 atom stereocenters. The molecule has 0 aromatic carbocycles. The maximum Gasteiger partial charge on any atom is 0.321 e. The predicted octanol–water partition coefficient (Wildman–Crippen LogP) is -0.235. The van der Waals surface area contributed by atoms with E-state index in [1.165, 1.54) is 0 Å². The first-order valence-corrected chi connectivity index (χ1v) is 4.40. The van der Waals surface area contributed by atoms with Gasteiger partial charge >= 0.3 is 6.03 Å². The van der Waals surface area contributed by atoms with Crippen molar-refractivity contribution in [1.82, 2.24) is 10.6 Å². The Hall–Kier alpha value is -1.10. The Balaban J connectivity index is 2.11. The molecule has 2 aliphatic heterocycles. The van der Waals surface area contributed by atoms with Gasteiger partial charge in [0.1, 0.15) is 0 Å². The lowest BCUT2D eigenvalue weighted by molar-refractivity contribution is -0.123. The van der Waals surface area contributed by atoms with E-state index >= 15 is 0 Å². The molecule has 0 aromatic rings. The molecule has 3 amide bonds. The summed E-state index contributed by atoms with van der Waals surface area (Å²) in [6, 6.07) is -0.377. The summed E-state index contributed by atoms with van der Waals surface area (Å²) in [6.07, 6.45) is 1.83. The van der Waals surface area contributed by atoms with Crippen LogP contribution in [0.15, 0.2) is 0 Å². The summed E-state index contributed by atoms with van der Waals surface area (Å²) in [5, 5.41) is 5.03. The average Bonchev–Trinajstić information content (AvgIpc) is 2.02. The highest BCUT2D eigenvalue weighted by molar-refractivity contribution is 5.97.